The van der Waals surface area contributed by atoms with Gasteiger partial charge < -0.3 is 18.9 Å². The molecule has 3 fully saturated rings. The molecule has 0 radical (unpaired) electrons. The number of methoxy groups -OCH3 is 1. The minimum Gasteiger partial charge on any atom is -0.469 e. The van der Waals surface area contributed by atoms with Crippen molar-refractivity contribution in [2.24, 2.45) is 34.5 Å². The van der Waals surface area contributed by atoms with Gasteiger partial charge in [0.25, 0.3) is 0 Å². The van der Waals surface area contributed by atoms with Gasteiger partial charge in [-0.1, -0.05) is 13.8 Å². The van der Waals surface area contributed by atoms with Gasteiger partial charge in [0.15, 0.2) is 6.61 Å². The van der Waals surface area contributed by atoms with Gasteiger partial charge in [-0.25, -0.2) is 0 Å². The number of carbonyl (C=O) groups excluding carboxylic acids is 4. The number of hydrogen-bond acceptors (Lipinski definition) is 8. The number of esters is 4. The van der Waals surface area contributed by atoms with Crippen LogP contribution in [-0.4, -0.2) is 61.9 Å². The molecule has 0 aromatic carbocycles. The first-order valence-electron chi connectivity index (χ1n) is 12.4. The Balaban J connectivity index is 0.000000284. The normalized spacial score (nSPS) is 28.3. The van der Waals surface area contributed by atoms with Gasteiger partial charge in [0.1, 0.15) is 12.2 Å². The molecule has 0 N–H and O–H groups in total. The molecule has 6 atom stereocenters. The highest BCUT2D eigenvalue weighted by atomic mass is 19.4. The third-order valence-corrected chi connectivity index (χ3v) is 7.93. The molecule has 0 amide bonds. The Kier molecular flexibility index (Phi) is 9.15. The zero-order chi connectivity index (χ0) is 29.4. The first-order chi connectivity index (χ1) is 17.3. The van der Waals surface area contributed by atoms with Gasteiger partial charge in [0.2, 0.25) is 0 Å². The van der Waals surface area contributed by atoms with Crippen LogP contribution in [0.4, 0.5) is 22.0 Å². The lowest BCUT2D eigenvalue weighted by Crippen LogP contribution is -2.45. The van der Waals surface area contributed by atoms with Crippen LogP contribution in [0, 0.1) is 34.5 Å². The Labute approximate surface area is 217 Å². The first-order valence-corrected chi connectivity index (χ1v) is 12.4. The molecule has 0 aromatic heterocycles. The molecule has 2 aliphatic carbocycles. The summed E-state index contributed by atoms with van der Waals surface area (Å²) in [7, 11) is 1.31. The quantitative estimate of drug-likeness (QED) is 0.244. The van der Waals surface area contributed by atoms with Crippen LogP contribution in [0.1, 0.15) is 60.8 Å². The fourth-order valence-corrected chi connectivity index (χ4v) is 4.61. The molecule has 0 aromatic rings. The third-order valence-electron chi connectivity index (χ3n) is 7.93. The number of halogens is 5. The Morgan fingerprint density at radius 3 is 1.92 bits per heavy atom. The van der Waals surface area contributed by atoms with E-state index in [1.807, 2.05) is 20.8 Å². The summed E-state index contributed by atoms with van der Waals surface area (Å²) in [6, 6.07) is 0. The molecular formula is C25H35F5O8. The highest BCUT2D eigenvalue weighted by Crippen LogP contribution is 2.59. The van der Waals surface area contributed by atoms with E-state index in [1.165, 1.54) is 21.0 Å². The van der Waals surface area contributed by atoms with Gasteiger partial charge in [-0.3, -0.25) is 19.2 Å². The van der Waals surface area contributed by atoms with Gasteiger partial charge >= 0.3 is 36.0 Å². The highest BCUT2D eigenvalue weighted by molar-refractivity contribution is 5.86. The molecule has 13 heteroatoms. The second-order valence-electron chi connectivity index (χ2n) is 11.2. The van der Waals surface area contributed by atoms with Crippen LogP contribution < -0.4 is 0 Å². The topological polar surface area (TPSA) is 105 Å². The van der Waals surface area contributed by atoms with Crippen molar-refractivity contribution in [1.82, 2.24) is 0 Å². The van der Waals surface area contributed by atoms with Gasteiger partial charge in [-0.15, -0.1) is 0 Å². The molecule has 1 aliphatic heterocycles. The lowest BCUT2D eigenvalue weighted by Gasteiger charge is -2.32. The fraction of sp³-hybridized carbons (Fsp3) is 0.840. The van der Waals surface area contributed by atoms with E-state index in [2.05, 4.69) is 4.74 Å². The highest BCUT2D eigenvalue weighted by Gasteiger charge is 2.70. The monoisotopic (exact) mass is 558 g/mol. The maximum absolute atomic E-state index is 12.4. The standard InChI is InChI=1S/C16H22O6.C9H13F5O2/c1-5-16(2,3)15(19)22-12-7-6-8-10(9(7)13(17)20-4)14(18)21-11(8)12;1-4-7(2,3)6(15)16-5-8(10,11)9(12,13)14/h7-12H,5-6H2,1-4H3;4-5H2,1-3H3. The van der Waals surface area contributed by atoms with Crippen LogP contribution >= 0.6 is 0 Å². The summed E-state index contributed by atoms with van der Waals surface area (Å²) in [4.78, 5) is 47.6. The van der Waals surface area contributed by atoms with E-state index in [-0.39, 0.29) is 30.2 Å². The van der Waals surface area contributed by atoms with E-state index in [0.29, 0.717) is 12.8 Å². The van der Waals surface area contributed by atoms with Crippen LogP contribution in [0.25, 0.3) is 0 Å². The second kappa shape index (κ2) is 11.0. The molecule has 0 spiro atoms. The first kappa shape index (κ1) is 31.7. The maximum Gasteiger partial charge on any atom is 0.456 e. The predicted molar refractivity (Wildman–Crippen MR) is 120 cm³/mol. The number of ether oxygens (including phenoxy) is 4. The molecular weight excluding hydrogens is 523 g/mol. The van der Waals surface area contributed by atoms with E-state index < -0.39 is 65.5 Å². The Morgan fingerprint density at radius 2 is 1.45 bits per heavy atom. The van der Waals surface area contributed by atoms with Crippen LogP contribution in [-0.2, 0) is 38.1 Å². The Morgan fingerprint density at radius 1 is 0.921 bits per heavy atom. The minimum absolute atomic E-state index is 0.0378. The Bertz CT molecular complexity index is 929. The van der Waals surface area contributed by atoms with E-state index in [4.69, 9.17) is 14.2 Å². The van der Waals surface area contributed by atoms with E-state index >= 15 is 0 Å². The van der Waals surface area contributed by atoms with Crippen molar-refractivity contribution >= 4 is 23.9 Å². The van der Waals surface area contributed by atoms with Gasteiger partial charge in [-0.2, -0.15) is 22.0 Å². The van der Waals surface area contributed by atoms with Crippen molar-refractivity contribution in [3.05, 3.63) is 0 Å². The van der Waals surface area contributed by atoms with Crippen LogP contribution in [0.3, 0.4) is 0 Å². The van der Waals surface area contributed by atoms with Crippen molar-refractivity contribution in [3.8, 4) is 0 Å². The number of alkyl halides is 5. The number of carbonyl (C=O) groups is 4. The average Bonchev–Trinajstić information content (AvgIpc) is 3.45. The summed E-state index contributed by atoms with van der Waals surface area (Å²) in [5.41, 5.74) is -1.66. The van der Waals surface area contributed by atoms with Crippen LogP contribution in [0.15, 0.2) is 0 Å². The average molecular weight is 559 g/mol. The number of hydrogen-bond donors (Lipinski definition) is 0. The van der Waals surface area contributed by atoms with Crippen molar-refractivity contribution in [1.29, 1.82) is 0 Å². The van der Waals surface area contributed by atoms with Crippen molar-refractivity contribution in [2.75, 3.05) is 13.7 Å². The summed E-state index contributed by atoms with van der Waals surface area (Å²) in [5, 5.41) is 0. The molecule has 3 aliphatic rings. The number of rotatable bonds is 8. The molecule has 38 heavy (non-hydrogen) atoms. The van der Waals surface area contributed by atoms with Crippen molar-refractivity contribution in [3.63, 3.8) is 0 Å². The smallest absolute Gasteiger partial charge is 0.456 e. The lowest BCUT2D eigenvalue weighted by atomic mass is 9.78. The molecule has 1 saturated heterocycles. The van der Waals surface area contributed by atoms with E-state index in [0.717, 1.165) is 0 Å². The second-order valence-corrected chi connectivity index (χ2v) is 11.2. The Hall–Kier alpha value is -2.47. The predicted octanol–water partition coefficient (Wildman–Crippen LogP) is 4.48. The molecule has 8 nitrogen and oxygen atoms in total. The summed E-state index contributed by atoms with van der Waals surface area (Å²) >= 11 is 0. The van der Waals surface area contributed by atoms with E-state index in [1.54, 1.807) is 6.92 Å². The van der Waals surface area contributed by atoms with Gasteiger partial charge in [0.05, 0.1) is 29.8 Å². The fourth-order valence-electron chi connectivity index (χ4n) is 4.61. The summed E-state index contributed by atoms with van der Waals surface area (Å²) < 4.78 is 79.8. The zero-order valence-corrected chi connectivity index (χ0v) is 22.4. The van der Waals surface area contributed by atoms with Gasteiger partial charge in [-0.05, 0) is 47.0 Å². The third kappa shape index (κ3) is 6.06. The molecule has 3 rings (SSSR count). The molecule has 218 valence electrons. The SMILES string of the molecule is CCC(C)(C)C(=O)OC1C2CC3C1OC(=O)C3C2C(=O)OC.CCC(C)(C)C(=O)OCC(F)(F)C(F)(F)F. The van der Waals surface area contributed by atoms with Crippen LogP contribution in [0.5, 0.6) is 0 Å². The van der Waals surface area contributed by atoms with Gasteiger partial charge in [0, 0.05) is 11.8 Å². The number of fused-ring (bicyclic) bond motifs is 1. The zero-order valence-electron chi connectivity index (χ0n) is 22.4. The largest absolute Gasteiger partial charge is 0.469 e. The summed E-state index contributed by atoms with van der Waals surface area (Å²) in [6.45, 7) is 8.00. The molecule has 1 heterocycles. The molecule has 2 saturated carbocycles. The maximum atomic E-state index is 12.4. The molecule has 6 unspecified atom stereocenters. The summed E-state index contributed by atoms with van der Waals surface area (Å²) in [6.07, 6.45) is -5.03. The summed E-state index contributed by atoms with van der Waals surface area (Å²) in [5.74, 6) is -8.37. The van der Waals surface area contributed by atoms with Crippen LogP contribution in [0.2, 0.25) is 0 Å². The minimum atomic E-state index is -5.70. The van der Waals surface area contributed by atoms with Crippen molar-refractivity contribution in [2.45, 2.75) is 85.1 Å². The van der Waals surface area contributed by atoms with E-state index in [9.17, 15) is 41.1 Å². The molecule has 2 bridgehead atoms. The lowest BCUT2D eigenvalue weighted by molar-refractivity contribution is -0.294. The van der Waals surface area contributed by atoms with Crippen molar-refractivity contribution < 1.29 is 60.1 Å².